The standard InChI is InChI=1S/C28H38N2O5.C21H32N2O5/c1-20(2)16-30(17-22-11-7-4-8-12-22)18-25(31)24(15-21-9-5-3-6-10-21)29-28(32)35-26-19-34-27-23(26)13-14-33-27;1-14(2)11-22-12-18(24)17(10-15-6-4-3-5-7-15)23-21(25)28-19-13-27-20-16(19)8-9-26-20/h3-12,20,23-27,31H,13-19H2,1-2H3,(H,29,32);3-7,14,16-20,22,24H,8-13H2,1-2H3,(H,23,25)/t23-,24-,25+,26-,27+;16-,17-,18+,19-,20+/m00/s1. The minimum atomic E-state index is -0.771. The van der Waals surface area contributed by atoms with Crippen LogP contribution in [0.1, 0.15) is 57.2 Å². The Balaban J connectivity index is 0.000000215. The average molecular weight is 875 g/mol. The van der Waals surface area contributed by atoms with Crippen molar-refractivity contribution in [3.05, 3.63) is 108 Å². The van der Waals surface area contributed by atoms with E-state index in [9.17, 15) is 19.8 Å². The van der Waals surface area contributed by atoms with Gasteiger partial charge in [0.1, 0.15) is 12.2 Å². The first kappa shape index (κ1) is 48.3. The molecule has 2 amide bonds. The van der Waals surface area contributed by atoms with Crippen LogP contribution < -0.4 is 16.0 Å². The SMILES string of the molecule is CC(C)CN(Cc1ccccc1)C[C@@H](O)[C@H](Cc1ccccc1)NC(=O)O[C@H]1CO[C@H]2OCC[C@H]21.CC(C)CNC[C@@H](O)[C@H](Cc1ccccc1)NC(=O)O[C@H]1CO[C@H]2OCC[C@H]21. The van der Waals surface area contributed by atoms with Crippen LogP contribution in [0.5, 0.6) is 0 Å². The third-order valence-corrected chi connectivity index (χ3v) is 11.8. The molecule has 0 radical (unpaired) electrons. The summed E-state index contributed by atoms with van der Waals surface area (Å²) in [4.78, 5) is 27.7. The Labute approximate surface area is 373 Å². The molecular formula is C49H70N4O10. The second-order valence-corrected chi connectivity index (χ2v) is 18.1. The number of alkyl carbamates (subject to hydrolysis) is 2. The predicted molar refractivity (Wildman–Crippen MR) is 239 cm³/mol. The number of nitrogens with zero attached hydrogens (tertiary/aromatic N) is 1. The maximum Gasteiger partial charge on any atom is 0.407 e. The topological polar surface area (TPSA) is 169 Å². The highest BCUT2D eigenvalue weighted by Gasteiger charge is 2.45. The number of carbonyl (C=O) groups excluding carboxylic acids is 2. The van der Waals surface area contributed by atoms with Crippen LogP contribution in [0, 0.1) is 23.7 Å². The number of nitrogens with one attached hydrogen (secondary N) is 3. The van der Waals surface area contributed by atoms with Crippen LogP contribution in [0.4, 0.5) is 9.59 Å². The molecule has 3 aromatic rings. The maximum absolute atomic E-state index is 12.9. The molecule has 5 N–H and O–H groups in total. The molecule has 0 bridgehead atoms. The Kier molecular flexibility index (Phi) is 19.0. The molecule has 14 nitrogen and oxygen atoms in total. The molecule has 3 aromatic carbocycles. The highest BCUT2D eigenvalue weighted by molar-refractivity contribution is 5.68. The van der Waals surface area contributed by atoms with Crippen LogP contribution in [0.2, 0.25) is 0 Å². The number of aliphatic hydroxyl groups excluding tert-OH is 2. The molecule has 0 saturated carbocycles. The summed E-state index contributed by atoms with van der Waals surface area (Å²) in [6.07, 6.45) is -1.03. The molecule has 0 spiro atoms. The fourth-order valence-electron chi connectivity index (χ4n) is 8.66. The van der Waals surface area contributed by atoms with Gasteiger partial charge < -0.3 is 54.6 Å². The van der Waals surface area contributed by atoms with Gasteiger partial charge in [-0.3, -0.25) is 4.90 Å². The van der Waals surface area contributed by atoms with Crippen LogP contribution in [-0.4, -0.2) is 129 Å². The van der Waals surface area contributed by atoms with Gasteiger partial charge >= 0.3 is 12.2 Å². The molecule has 63 heavy (non-hydrogen) atoms. The maximum atomic E-state index is 12.9. The summed E-state index contributed by atoms with van der Waals surface area (Å²) in [5, 5.41) is 31.1. The molecule has 4 aliphatic rings. The zero-order valence-electron chi connectivity index (χ0n) is 37.4. The van der Waals surface area contributed by atoms with Gasteiger partial charge in [-0.15, -0.1) is 0 Å². The van der Waals surface area contributed by atoms with Crippen LogP contribution in [0.25, 0.3) is 0 Å². The number of aliphatic hydroxyl groups is 2. The van der Waals surface area contributed by atoms with Crippen molar-refractivity contribution in [3.63, 3.8) is 0 Å². The van der Waals surface area contributed by atoms with Crippen molar-refractivity contribution in [2.24, 2.45) is 23.7 Å². The Morgan fingerprint density at radius 3 is 1.54 bits per heavy atom. The predicted octanol–water partition coefficient (Wildman–Crippen LogP) is 5.30. The lowest BCUT2D eigenvalue weighted by molar-refractivity contribution is -0.0909. The smallest absolute Gasteiger partial charge is 0.407 e. The van der Waals surface area contributed by atoms with Crippen molar-refractivity contribution in [2.75, 3.05) is 52.6 Å². The van der Waals surface area contributed by atoms with E-state index in [0.29, 0.717) is 64.2 Å². The summed E-state index contributed by atoms with van der Waals surface area (Å²) >= 11 is 0. The zero-order valence-corrected chi connectivity index (χ0v) is 37.4. The molecule has 4 aliphatic heterocycles. The summed E-state index contributed by atoms with van der Waals surface area (Å²) in [5.41, 5.74) is 3.29. The zero-order chi connectivity index (χ0) is 44.6. The lowest BCUT2D eigenvalue weighted by Gasteiger charge is -2.31. The summed E-state index contributed by atoms with van der Waals surface area (Å²) < 4.78 is 33.5. The van der Waals surface area contributed by atoms with Gasteiger partial charge in [0.15, 0.2) is 12.6 Å². The molecule has 7 rings (SSSR count). The number of hydrogen-bond acceptors (Lipinski definition) is 12. The van der Waals surface area contributed by atoms with E-state index in [1.54, 1.807) is 0 Å². The number of fused-ring (bicyclic) bond motifs is 2. The van der Waals surface area contributed by atoms with Gasteiger partial charge in [-0.05, 0) is 60.8 Å². The summed E-state index contributed by atoms with van der Waals surface area (Å²) in [6, 6.07) is 29.0. The summed E-state index contributed by atoms with van der Waals surface area (Å²) in [5.74, 6) is 1.10. The number of carbonyl (C=O) groups is 2. The molecule has 0 unspecified atom stereocenters. The fourth-order valence-corrected chi connectivity index (χ4v) is 8.66. The number of ether oxygens (including phenoxy) is 6. The van der Waals surface area contributed by atoms with Crippen LogP contribution in [0.3, 0.4) is 0 Å². The van der Waals surface area contributed by atoms with Gasteiger partial charge in [-0.2, -0.15) is 0 Å². The van der Waals surface area contributed by atoms with Gasteiger partial charge in [0.05, 0.1) is 62.6 Å². The first-order chi connectivity index (χ1) is 30.5. The Bertz CT molecular complexity index is 1780. The monoisotopic (exact) mass is 875 g/mol. The fraction of sp³-hybridized carbons (Fsp3) is 0.592. The first-order valence-electron chi connectivity index (χ1n) is 22.8. The highest BCUT2D eigenvalue weighted by atomic mass is 16.7. The van der Waals surface area contributed by atoms with Gasteiger partial charge in [0.25, 0.3) is 0 Å². The molecule has 14 heteroatoms. The third kappa shape index (κ3) is 15.5. The molecule has 4 saturated heterocycles. The van der Waals surface area contributed by atoms with Crippen LogP contribution >= 0.6 is 0 Å². The van der Waals surface area contributed by atoms with E-state index in [2.05, 4.69) is 60.7 Å². The van der Waals surface area contributed by atoms with E-state index in [1.165, 1.54) is 5.56 Å². The van der Waals surface area contributed by atoms with Crippen molar-refractivity contribution in [2.45, 2.75) is 109 Å². The Hall–Kier alpha value is -4.12. The largest absolute Gasteiger partial charge is 0.443 e. The minimum Gasteiger partial charge on any atom is -0.443 e. The Morgan fingerprint density at radius 2 is 1.08 bits per heavy atom. The second kappa shape index (κ2) is 24.8. The van der Waals surface area contributed by atoms with Crippen LogP contribution in [-0.2, 0) is 47.8 Å². The number of hydrogen-bond donors (Lipinski definition) is 5. The van der Waals surface area contributed by atoms with Crippen molar-refractivity contribution >= 4 is 12.2 Å². The Morgan fingerprint density at radius 1 is 0.619 bits per heavy atom. The quantitative estimate of drug-likeness (QED) is 0.0996. The van der Waals surface area contributed by atoms with Crippen LogP contribution in [0.15, 0.2) is 91.0 Å². The van der Waals surface area contributed by atoms with E-state index in [4.69, 9.17) is 28.4 Å². The average Bonchev–Trinajstić information content (AvgIpc) is 4.08. The number of rotatable bonds is 20. The van der Waals surface area contributed by atoms with Gasteiger partial charge in [-0.25, -0.2) is 9.59 Å². The molecular weight excluding hydrogens is 805 g/mol. The van der Waals surface area contributed by atoms with E-state index < -0.39 is 36.5 Å². The van der Waals surface area contributed by atoms with Crippen molar-refractivity contribution in [3.8, 4) is 0 Å². The number of benzene rings is 3. The molecule has 4 heterocycles. The summed E-state index contributed by atoms with van der Waals surface area (Å²) in [6.45, 7) is 13.7. The van der Waals surface area contributed by atoms with Crippen molar-refractivity contribution < 1.29 is 48.2 Å². The van der Waals surface area contributed by atoms with Gasteiger partial charge in [-0.1, -0.05) is 119 Å². The summed E-state index contributed by atoms with van der Waals surface area (Å²) in [7, 11) is 0. The van der Waals surface area contributed by atoms with E-state index in [1.807, 2.05) is 78.9 Å². The van der Waals surface area contributed by atoms with E-state index >= 15 is 0 Å². The molecule has 0 aromatic heterocycles. The highest BCUT2D eigenvalue weighted by Crippen LogP contribution is 2.34. The van der Waals surface area contributed by atoms with E-state index in [-0.39, 0.29) is 36.6 Å². The first-order valence-corrected chi connectivity index (χ1v) is 22.8. The third-order valence-electron chi connectivity index (χ3n) is 11.8. The lowest BCUT2D eigenvalue weighted by Crippen LogP contribution is -2.50. The second-order valence-electron chi connectivity index (χ2n) is 18.1. The van der Waals surface area contributed by atoms with Crippen molar-refractivity contribution in [1.29, 1.82) is 0 Å². The van der Waals surface area contributed by atoms with Crippen molar-refractivity contribution in [1.82, 2.24) is 20.9 Å². The number of amides is 2. The molecule has 0 aliphatic carbocycles. The molecule has 10 atom stereocenters. The molecule has 4 fully saturated rings. The molecule has 346 valence electrons. The minimum absolute atomic E-state index is 0.0747. The van der Waals surface area contributed by atoms with Gasteiger partial charge in [0, 0.05) is 26.2 Å². The lowest BCUT2D eigenvalue weighted by atomic mass is 10.00. The van der Waals surface area contributed by atoms with E-state index in [0.717, 1.165) is 43.6 Å². The normalized spacial score (nSPS) is 24.5. The van der Waals surface area contributed by atoms with Gasteiger partial charge in [0.2, 0.25) is 0 Å².